The van der Waals surface area contributed by atoms with Crippen LogP contribution < -0.4 is 9.64 Å². The molecule has 0 saturated carbocycles. The average molecular weight is 492 g/mol. The first-order valence-electron chi connectivity index (χ1n) is 12.4. The molecule has 1 atom stereocenters. The highest BCUT2D eigenvalue weighted by molar-refractivity contribution is 5.68. The maximum Gasteiger partial charge on any atom is 0.341 e. The van der Waals surface area contributed by atoms with Crippen molar-refractivity contribution in [2.24, 2.45) is 5.92 Å². The van der Waals surface area contributed by atoms with Crippen LogP contribution in [0.1, 0.15) is 31.4 Å². The van der Waals surface area contributed by atoms with E-state index in [9.17, 15) is 9.18 Å². The number of nitrogens with zero attached hydrogens (tertiary/aromatic N) is 3. The summed E-state index contributed by atoms with van der Waals surface area (Å²) in [5.74, 6) is 0.842. The zero-order valence-electron chi connectivity index (χ0n) is 21.2. The van der Waals surface area contributed by atoms with Crippen LogP contribution in [0.4, 0.5) is 10.2 Å². The number of hydrogen-bond acceptors (Lipinski definition) is 5. The van der Waals surface area contributed by atoms with Crippen molar-refractivity contribution in [1.82, 2.24) is 9.88 Å². The lowest BCUT2D eigenvalue weighted by atomic mass is 9.99. The number of piperazine rings is 1. The highest BCUT2D eigenvalue weighted by Crippen LogP contribution is 2.27. The predicted molar refractivity (Wildman–Crippen MR) is 140 cm³/mol. The molecule has 0 bridgehead atoms. The first-order chi connectivity index (χ1) is 17.3. The molecular formula is C29H34FN3O3. The largest absolute Gasteiger partial charge is 0.482 e. The number of aromatic nitrogens is 1. The fourth-order valence-corrected chi connectivity index (χ4v) is 4.91. The number of halogens is 1. The number of rotatable bonds is 9. The van der Waals surface area contributed by atoms with Crippen LogP contribution in [0, 0.1) is 18.7 Å². The number of anilines is 1. The van der Waals surface area contributed by atoms with Crippen molar-refractivity contribution in [3.63, 3.8) is 0 Å². The highest BCUT2D eigenvalue weighted by Gasteiger charge is 2.28. The zero-order valence-corrected chi connectivity index (χ0v) is 21.2. The molecule has 3 aromatic rings. The van der Waals surface area contributed by atoms with Gasteiger partial charge in [-0.2, -0.15) is 0 Å². The van der Waals surface area contributed by atoms with E-state index in [2.05, 4.69) is 29.7 Å². The average Bonchev–Trinajstić information content (AvgIpc) is 2.82. The van der Waals surface area contributed by atoms with Crippen LogP contribution in [0.2, 0.25) is 0 Å². The quantitative estimate of drug-likeness (QED) is 0.433. The molecule has 1 aromatic heterocycles. The number of aliphatic carboxylic acids is 1. The lowest BCUT2D eigenvalue weighted by Gasteiger charge is -2.43. The summed E-state index contributed by atoms with van der Waals surface area (Å²) in [5, 5.41) is 8.92. The van der Waals surface area contributed by atoms with E-state index in [4.69, 9.17) is 14.8 Å². The van der Waals surface area contributed by atoms with Crippen LogP contribution in [0.3, 0.4) is 0 Å². The van der Waals surface area contributed by atoms with Crippen LogP contribution in [-0.2, 0) is 11.3 Å². The standard InChI is InChI=1S/C29H34FN3O3/c1-20(2)11-26-18-32(17-22-12-21(3)13-27(14-22)36-19-29(34)35)9-10-33(26)28-8-7-24(16-31-28)23-5-4-6-25(30)15-23/h4-8,12-16,20,26H,9-11,17-19H2,1-3H3,(H,34,35)/t26-/m1/s1. The number of benzene rings is 2. The molecule has 2 heterocycles. The maximum atomic E-state index is 13.6. The Balaban J connectivity index is 1.46. The SMILES string of the molecule is Cc1cc(CN2CCN(c3ccc(-c4cccc(F)c4)cn3)[C@H](CC(C)C)C2)cc(OCC(=O)O)c1. The van der Waals surface area contributed by atoms with Crippen molar-refractivity contribution in [3.8, 4) is 16.9 Å². The number of hydrogen-bond donors (Lipinski definition) is 1. The van der Waals surface area contributed by atoms with Gasteiger partial charge in [0.25, 0.3) is 0 Å². The Labute approximate surface area is 212 Å². The number of carboxylic acid groups (broad SMARTS) is 1. The molecule has 0 radical (unpaired) electrons. The van der Waals surface area contributed by atoms with Crippen LogP contribution >= 0.6 is 0 Å². The van der Waals surface area contributed by atoms with Gasteiger partial charge in [0.15, 0.2) is 6.61 Å². The molecule has 1 aliphatic heterocycles. The molecule has 4 rings (SSSR count). The monoisotopic (exact) mass is 491 g/mol. The van der Waals surface area contributed by atoms with Gasteiger partial charge in [-0.3, -0.25) is 4.90 Å². The Morgan fingerprint density at radius 2 is 1.97 bits per heavy atom. The van der Waals surface area contributed by atoms with E-state index in [1.807, 2.05) is 43.5 Å². The minimum Gasteiger partial charge on any atom is -0.482 e. The van der Waals surface area contributed by atoms with Crippen molar-refractivity contribution >= 4 is 11.8 Å². The van der Waals surface area contributed by atoms with E-state index in [0.29, 0.717) is 17.7 Å². The van der Waals surface area contributed by atoms with Crippen molar-refractivity contribution in [2.45, 2.75) is 39.8 Å². The van der Waals surface area contributed by atoms with Gasteiger partial charge >= 0.3 is 5.97 Å². The minimum absolute atomic E-state index is 0.251. The minimum atomic E-state index is -0.983. The maximum absolute atomic E-state index is 13.6. The Morgan fingerprint density at radius 3 is 2.67 bits per heavy atom. The van der Waals surface area contributed by atoms with Crippen LogP contribution in [0.15, 0.2) is 60.8 Å². The Bertz CT molecular complexity index is 1180. The summed E-state index contributed by atoms with van der Waals surface area (Å²) in [5.41, 5.74) is 3.89. The molecular weight excluding hydrogens is 457 g/mol. The summed E-state index contributed by atoms with van der Waals surface area (Å²) in [4.78, 5) is 20.5. The van der Waals surface area contributed by atoms with Crippen molar-refractivity contribution in [3.05, 3.63) is 77.7 Å². The number of carbonyl (C=O) groups is 1. The molecule has 190 valence electrons. The smallest absolute Gasteiger partial charge is 0.341 e. The molecule has 1 fully saturated rings. The second kappa shape index (κ2) is 11.5. The molecule has 0 unspecified atom stereocenters. The van der Waals surface area contributed by atoms with Gasteiger partial charge in [-0.25, -0.2) is 14.2 Å². The number of pyridine rings is 1. The molecule has 0 spiro atoms. The number of aryl methyl sites for hydroxylation is 1. The fourth-order valence-electron chi connectivity index (χ4n) is 4.91. The second-order valence-corrected chi connectivity index (χ2v) is 9.96. The topological polar surface area (TPSA) is 65.9 Å². The van der Waals surface area contributed by atoms with Gasteiger partial charge in [-0.15, -0.1) is 0 Å². The third-order valence-corrected chi connectivity index (χ3v) is 6.39. The van der Waals surface area contributed by atoms with E-state index in [-0.39, 0.29) is 12.4 Å². The van der Waals surface area contributed by atoms with E-state index >= 15 is 0 Å². The van der Waals surface area contributed by atoms with Crippen molar-refractivity contribution in [2.75, 3.05) is 31.1 Å². The summed E-state index contributed by atoms with van der Waals surface area (Å²) in [6, 6.07) is 16.9. The number of ether oxygens (including phenoxy) is 1. The van der Waals surface area contributed by atoms with Crippen LogP contribution in [-0.4, -0.2) is 53.2 Å². The van der Waals surface area contributed by atoms with E-state index < -0.39 is 5.97 Å². The lowest BCUT2D eigenvalue weighted by Crippen LogP contribution is -2.53. The molecule has 2 aromatic carbocycles. The van der Waals surface area contributed by atoms with Gasteiger partial charge in [0, 0.05) is 44.0 Å². The Hall–Kier alpha value is -3.45. The third kappa shape index (κ3) is 6.82. The summed E-state index contributed by atoms with van der Waals surface area (Å²) in [7, 11) is 0. The highest BCUT2D eigenvalue weighted by atomic mass is 19.1. The van der Waals surface area contributed by atoms with Crippen LogP contribution in [0.5, 0.6) is 5.75 Å². The Kier molecular flexibility index (Phi) is 8.21. The van der Waals surface area contributed by atoms with E-state index in [0.717, 1.165) is 60.7 Å². The molecule has 6 nitrogen and oxygen atoms in total. The fraction of sp³-hybridized carbons (Fsp3) is 0.379. The van der Waals surface area contributed by atoms with Crippen molar-refractivity contribution in [1.29, 1.82) is 0 Å². The molecule has 1 N–H and O–H groups in total. The first kappa shape index (κ1) is 25.6. The molecule has 1 saturated heterocycles. The second-order valence-electron chi connectivity index (χ2n) is 9.96. The Morgan fingerprint density at radius 1 is 1.14 bits per heavy atom. The van der Waals surface area contributed by atoms with Gasteiger partial charge in [0.1, 0.15) is 17.4 Å². The van der Waals surface area contributed by atoms with Gasteiger partial charge in [0.05, 0.1) is 0 Å². The lowest BCUT2D eigenvalue weighted by molar-refractivity contribution is -0.139. The summed E-state index contributed by atoms with van der Waals surface area (Å²) >= 11 is 0. The summed E-state index contributed by atoms with van der Waals surface area (Å²) < 4.78 is 19.1. The van der Waals surface area contributed by atoms with E-state index in [1.54, 1.807) is 6.07 Å². The molecule has 0 amide bonds. The van der Waals surface area contributed by atoms with Gasteiger partial charge < -0.3 is 14.7 Å². The third-order valence-electron chi connectivity index (χ3n) is 6.39. The predicted octanol–water partition coefficient (Wildman–Crippen LogP) is 5.40. The first-order valence-corrected chi connectivity index (χ1v) is 12.4. The molecule has 1 aliphatic rings. The van der Waals surface area contributed by atoms with Crippen LogP contribution in [0.25, 0.3) is 11.1 Å². The summed E-state index contributed by atoms with van der Waals surface area (Å²) in [6.45, 7) is 9.57. The molecule has 7 heteroatoms. The van der Waals surface area contributed by atoms with E-state index in [1.165, 1.54) is 12.1 Å². The number of carboxylic acids is 1. The van der Waals surface area contributed by atoms with Gasteiger partial charge in [0.2, 0.25) is 0 Å². The zero-order chi connectivity index (χ0) is 25.7. The summed E-state index contributed by atoms with van der Waals surface area (Å²) in [6.07, 6.45) is 2.87. The van der Waals surface area contributed by atoms with Crippen molar-refractivity contribution < 1.29 is 19.0 Å². The molecule has 36 heavy (non-hydrogen) atoms. The van der Waals surface area contributed by atoms with Gasteiger partial charge in [-0.1, -0.05) is 32.0 Å². The normalized spacial score (nSPS) is 16.4. The van der Waals surface area contributed by atoms with Gasteiger partial charge in [-0.05, 0) is 72.4 Å². The molecule has 0 aliphatic carbocycles.